The number of rotatable bonds is 6. The fourth-order valence-electron chi connectivity index (χ4n) is 2.85. The van der Waals surface area contributed by atoms with Crippen LogP contribution in [0, 0.1) is 19.8 Å². The van der Waals surface area contributed by atoms with Gasteiger partial charge in [-0.3, -0.25) is 9.67 Å². The lowest BCUT2D eigenvalue weighted by Crippen LogP contribution is -2.40. The van der Waals surface area contributed by atoms with Crippen LogP contribution >= 0.6 is 11.6 Å². The molecule has 0 amide bonds. The molecule has 1 unspecified atom stereocenters. The summed E-state index contributed by atoms with van der Waals surface area (Å²) in [6.07, 6.45) is 0. The number of nitrogens with zero attached hydrogens (tertiary/aromatic N) is 4. The van der Waals surface area contributed by atoms with E-state index >= 15 is 0 Å². The lowest BCUT2D eigenvalue weighted by atomic mass is 10.2. The molecule has 2 rings (SSSR count). The maximum atomic E-state index is 6.06. The van der Waals surface area contributed by atoms with Crippen molar-refractivity contribution < 1.29 is 0 Å². The van der Waals surface area contributed by atoms with Gasteiger partial charge in [-0.15, -0.1) is 0 Å². The molecule has 1 heterocycles. The molecule has 1 N–H and O–H groups in total. The van der Waals surface area contributed by atoms with Crippen molar-refractivity contribution in [3.8, 4) is 0 Å². The van der Waals surface area contributed by atoms with Gasteiger partial charge >= 0.3 is 0 Å². The first-order chi connectivity index (χ1) is 11.9. The highest BCUT2D eigenvalue weighted by Crippen LogP contribution is 2.12. The molecule has 136 valence electrons. The van der Waals surface area contributed by atoms with E-state index in [4.69, 9.17) is 11.6 Å². The van der Waals surface area contributed by atoms with Crippen LogP contribution in [0.3, 0.4) is 0 Å². The number of aryl methyl sites for hydroxylation is 2. The van der Waals surface area contributed by atoms with Crippen molar-refractivity contribution in [2.45, 2.75) is 33.9 Å². The summed E-state index contributed by atoms with van der Waals surface area (Å²) in [5, 5.41) is 8.74. The van der Waals surface area contributed by atoms with Crippen molar-refractivity contribution in [2.24, 2.45) is 10.9 Å². The van der Waals surface area contributed by atoms with Crippen LogP contribution in [0.15, 0.2) is 35.3 Å². The van der Waals surface area contributed by atoms with Gasteiger partial charge in [0.15, 0.2) is 5.96 Å². The van der Waals surface area contributed by atoms with Crippen molar-refractivity contribution in [1.82, 2.24) is 20.0 Å². The fraction of sp³-hybridized carbons (Fsp3) is 0.474. The lowest BCUT2D eigenvalue weighted by Gasteiger charge is -2.24. The number of nitrogens with one attached hydrogen (secondary N) is 1. The Bertz CT molecular complexity index is 722. The average molecular weight is 362 g/mol. The standard InChI is InChI=1S/C19H28ClN5/c1-14(12-25-16(3)9-15(2)23-25)11-22-19(21-4)24(5)13-17-7-6-8-18(20)10-17/h6-10,14H,11-13H2,1-5H3,(H,21,22). The summed E-state index contributed by atoms with van der Waals surface area (Å²) >= 11 is 6.06. The van der Waals surface area contributed by atoms with Gasteiger partial charge in [-0.2, -0.15) is 5.10 Å². The van der Waals surface area contributed by atoms with Crippen LogP contribution < -0.4 is 5.32 Å². The normalized spacial score (nSPS) is 13.0. The molecule has 0 spiro atoms. The molecule has 0 aliphatic rings. The number of guanidine groups is 1. The topological polar surface area (TPSA) is 45.5 Å². The molecule has 0 aliphatic heterocycles. The number of hydrogen-bond acceptors (Lipinski definition) is 2. The van der Waals surface area contributed by atoms with Gasteiger partial charge in [-0.1, -0.05) is 30.7 Å². The Morgan fingerprint density at radius 3 is 2.72 bits per heavy atom. The summed E-state index contributed by atoms with van der Waals surface area (Å²) in [5.41, 5.74) is 3.43. The third-order valence-electron chi connectivity index (χ3n) is 4.08. The molecule has 6 heteroatoms. The zero-order valence-electron chi connectivity index (χ0n) is 15.8. The predicted octanol–water partition coefficient (Wildman–Crippen LogP) is 3.50. The minimum atomic E-state index is 0.439. The number of halogens is 1. The van der Waals surface area contributed by atoms with E-state index in [0.29, 0.717) is 5.92 Å². The number of aliphatic imine (C=N–C) groups is 1. The highest BCUT2D eigenvalue weighted by Gasteiger charge is 2.11. The third kappa shape index (κ3) is 5.78. The van der Waals surface area contributed by atoms with E-state index in [0.717, 1.165) is 41.9 Å². The quantitative estimate of drug-likeness (QED) is 0.632. The fourth-order valence-corrected chi connectivity index (χ4v) is 3.07. The maximum absolute atomic E-state index is 6.06. The highest BCUT2D eigenvalue weighted by atomic mass is 35.5. The second-order valence-electron chi connectivity index (χ2n) is 6.63. The number of benzene rings is 1. The second-order valence-corrected chi connectivity index (χ2v) is 7.06. The smallest absolute Gasteiger partial charge is 0.193 e. The summed E-state index contributed by atoms with van der Waals surface area (Å²) in [7, 11) is 3.84. The first-order valence-electron chi connectivity index (χ1n) is 8.56. The van der Waals surface area contributed by atoms with Crippen LogP contribution in [-0.4, -0.2) is 41.3 Å². The third-order valence-corrected chi connectivity index (χ3v) is 4.31. The molecule has 0 aliphatic carbocycles. The maximum Gasteiger partial charge on any atom is 0.193 e. The van der Waals surface area contributed by atoms with Crippen molar-refractivity contribution in [1.29, 1.82) is 0 Å². The minimum absolute atomic E-state index is 0.439. The number of hydrogen-bond donors (Lipinski definition) is 1. The van der Waals surface area contributed by atoms with E-state index in [1.165, 1.54) is 5.69 Å². The van der Waals surface area contributed by atoms with Gasteiger partial charge in [0.2, 0.25) is 0 Å². The van der Waals surface area contributed by atoms with Crippen molar-refractivity contribution >= 4 is 17.6 Å². The molecule has 0 saturated heterocycles. The van der Waals surface area contributed by atoms with Crippen LogP contribution in [-0.2, 0) is 13.1 Å². The SMILES string of the molecule is CN=C(NCC(C)Cn1nc(C)cc1C)N(C)Cc1cccc(Cl)c1. The first kappa shape index (κ1) is 19.3. The number of aromatic nitrogens is 2. The van der Waals surface area contributed by atoms with E-state index in [1.807, 2.05) is 39.2 Å². The van der Waals surface area contributed by atoms with Gasteiger partial charge in [0.05, 0.1) is 5.69 Å². The van der Waals surface area contributed by atoms with Crippen LogP contribution in [0.1, 0.15) is 23.9 Å². The largest absolute Gasteiger partial charge is 0.356 e. The average Bonchev–Trinajstić information content (AvgIpc) is 2.85. The zero-order chi connectivity index (χ0) is 18.4. The molecule has 25 heavy (non-hydrogen) atoms. The molecule has 0 radical (unpaired) electrons. The molecular weight excluding hydrogens is 334 g/mol. The van der Waals surface area contributed by atoms with Gasteiger partial charge < -0.3 is 10.2 Å². The molecule has 1 aromatic heterocycles. The van der Waals surface area contributed by atoms with E-state index < -0.39 is 0 Å². The van der Waals surface area contributed by atoms with Crippen LogP contribution in [0.4, 0.5) is 0 Å². The van der Waals surface area contributed by atoms with Gasteiger partial charge in [0, 0.05) is 44.4 Å². The lowest BCUT2D eigenvalue weighted by molar-refractivity contribution is 0.418. The van der Waals surface area contributed by atoms with Gasteiger partial charge in [0.1, 0.15) is 0 Å². The second kappa shape index (κ2) is 8.90. The van der Waals surface area contributed by atoms with E-state index in [2.05, 4.69) is 51.0 Å². The van der Waals surface area contributed by atoms with Gasteiger partial charge in [-0.05, 0) is 43.5 Å². The minimum Gasteiger partial charge on any atom is -0.356 e. The summed E-state index contributed by atoms with van der Waals surface area (Å²) in [5.74, 6) is 1.31. The molecule has 0 saturated carbocycles. The van der Waals surface area contributed by atoms with Gasteiger partial charge in [0.25, 0.3) is 0 Å². The Labute approximate surface area is 155 Å². The van der Waals surface area contributed by atoms with Crippen molar-refractivity contribution in [2.75, 3.05) is 20.6 Å². The Balaban J connectivity index is 1.87. The Morgan fingerprint density at radius 2 is 2.12 bits per heavy atom. The molecule has 2 aromatic rings. The molecule has 1 atom stereocenters. The molecule has 0 bridgehead atoms. The molecule has 0 fully saturated rings. The first-order valence-corrected chi connectivity index (χ1v) is 8.94. The van der Waals surface area contributed by atoms with Crippen LogP contribution in [0.2, 0.25) is 5.02 Å². The van der Waals surface area contributed by atoms with Crippen molar-refractivity contribution in [3.05, 3.63) is 52.3 Å². The summed E-state index contributed by atoms with van der Waals surface area (Å²) < 4.78 is 2.07. The monoisotopic (exact) mass is 361 g/mol. The highest BCUT2D eigenvalue weighted by molar-refractivity contribution is 6.30. The van der Waals surface area contributed by atoms with E-state index in [9.17, 15) is 0 Å². The molecule has 5 nitrogen and oxygen atoms in total. The summed E-state index contributed by atoms with van der Waals surface area (Å²) in [4.78, 5) is 6.48. The summed E-state index contributed by atoms with van der Waals surface area (Å²) in [6.45, 7) is 8.82. The van der Waals surface area contributed by atoms with Crippen LogP contribution in [0.25, 0.3) is 0 Å². The Kier molecular flexibility index (Phi) is 6.88. The van der Waals surface area contributed by atoms with Crippen LogP contribution in [0.5, 0.6) is 0 Å². The zero-order valence-corrected chi connectivity index (χ0v) is 16.5. The predicted molar refractivity (Wildman–Crippen MR) is 105 cm³/mol. The molecular formula is C19H28ClN5. The summed E-state index contributed by atoms with van der Waals surface area (Å²) in [6, 6.07) is 10.0. The molecule has 1 aromatic carbocycles. The van der Waals surface area contributed by atoms with Crippen molar-refractivity contribution in [3.63, 3.8) is 0 Å². The Morgan fingerprint density at radius 1 is 1.36 bits per heavy atom. The van der Waals surface area contributed by atoms with Gasteiger partial charge in [-0.25, -0.2) is 0 Å². The Hall–Kier alpha value is -2.01. The van der Waals surface area contributed by atoms with E-state index in [-0.39, 0.29) is 0 Å². The van der Waals surface area contributed by atoms with E-state index in [1.54, 1.807) is 0 Å².